The number of hydrogen-bond acceptors (Lipinski definition) is 5. The van der Waals surface area contributed by atoms with Crippen LogP contribution in [0.3, 0.4) is 0 Å². The average Bonchev–Trinajstić information content (AvgIpc) is 2.95. The fourth-order valence-corrected chi connectivity index (χ4v) is 3.22. The minimum atomic E-state index is -1.35. The molecule has 3 rings (SSSR count). The molecular formula is C19H27F2N3O3. The SMILES string of the molecule is CC(C)(C)OC(=O)N1C[C@@H](F)[C@H](Oc2ccc(N3CCNCC3)c(F)c2)C1. The molecule has 0 radical (unpaired) electrons. The van der Waals surface area contributed by atoms with Crippen molar-refractivity contribution in [3.63, 3.8) is 0 Å². The molecule has 0 bridgehead atoms. The summed E-state index contributed by atoms with van der Waals surface area (Å²) in [5.74, 6) is -0.142. The molecular weight excluding hydrogens is 356 g/mol. The third-order valence-corrected chi connectivity index (χ3v) is 4.51. The van der Waals surface area contributed by atoms with Crippen molar-refractivity contribution in [2.45, 2.75) is 38.6 Å². The molecule has 2 aliphatic heterocycles. The molecule has 27 heavy (non-hydrogen) atoms. The lowest BCUT2D eigenvalue weighted by atomic mass is 10.2. The molecule has 150 valence electrons. The van der Waals surface area contributed by atoms with Crippen LogP contribution >= 0.6 is 0 Å². The summed E-state index contributed by atoms with van der Waals surface area (Å²) in [5.41, 5.74) is -0.132. The summed E-state index contributed by atoms with van der Waals surface area (Å²) in [6, 6.07) is 4.58. The highest BCUT2D eigenvalue weighted by atomic mass is 19.1. The van der Waals surface area contributed by atoms with Crippen LogP contribution in [-0.2, 0) is 4.74 Å². The Kier molecular flexibility index (Phi) is 5.74. The molecule has 6 nitrogen and oxygen atoms in total. The Labute approximate surface area is 158 Å². The maximum atomic E-state index is 14.5. The first-order valence-corrected chi connectivity index (χ1v) is 9.27. The number of ether oxygens (including phenoxy) is 2. The first-order chi connectivity index (χ1) is 12.7. The number of benzene rings is 1. The van der Waals surface area contributed by atoms with Gasteiger partial charge in [-0.3, -0.25) is 0 Å². The van der Waals surface area contributed by atoms with E-state index in [4.69, 9.17) is 9.47 Å². The van der Waals surface area contributed by atoms with Gasteiger partial charge in [0.15, 0.2) is 6.17 Å². The van der Waals surface area contributed by atoms with Crippen molar-refractivity contribution < 1.29 is 23.0 Å². The lowest BCUT2D eigenvalue weighted by molar-refractivity contribution is 0.0273. The monoisotopic (exact) mass is 383 g/mol. The number of halogens is 2. The number of nitrogens with zero attached hydrogens (tertiary/aromatic N) is 2. The van der Waals surface area contributed by atoms with E-state index >= 15 is 0 Å². The fraction of sp³-hybridized carbons (Fsp3) is 0.632. The third-order valence-electron chi connectivity index (χ3n) is 4.51. The minimum absolute atomic E-state index is 0.0667. The molecule has 1 aromatic carbocycles. The predicted octanol–water partition coefficient (Wildman–Crippen LogP) is 2.57. The minimum Gasteiger partial charge on any atom is -0.485 e. The zero-order valence-corrected chi connectivity index (χ0v) is 16.0. The van der Waals surface area contributed by atoms with E-state index in [0.717, 1.165) is 26.2 Å². The number of hydrogen-bond donors (Lipinski definition) is 1. The summed E-state index contributed by atoms with van der Waals surface area (Å²) in [6.07, 6.45) is -2.77. The average molecular weight is 383 g/mol. The Morgan fingerprint density at radius 2 is 1.93 bits per heavy atom. The number of likely N-dealkylation sites (tertiary alicyclic amines) is 1. The molecule has 0 spiro atoms. The number of anilines is 1. The van der Waals surface area contributed by atoms with Crippen LogP contribution < -0.4 is 15.0 Å². The summed E-state index contributed by atoms with van der Waals surface area (Å²) in [7, 11) is 0. The van der Waals surface area contributed by atoms with Crippen molar-refractivity contribution in [3.8, 4) is 5.75 Å². The first kappa shape index (κ1) is 19.7. The van der Waals surface area contributed by atoms with Crippen molar-refractivity contribution in [1.29, 1.82) is 0 Å². The van der Waals surface area contributed by atoms with Crippen molar-refractivity contribution in [2.24, 2.45) is 0 Å². The smallest absolute Gasteiger partial charge is 0.410 e. The van der Waals surface area contributed by atoms with Crippen molar-refractivity contribution in [3.05, 3.63) is 24.0 Å². The summed E-state index contributed by atoms with van der Waals surface area (Å²) in [6.45, 7) is 8.32. The van der Waals surface area contributed by atoms with Crippen LogP contribution in [0.5, 0.6) is 5.75 Å². The molecule has 2 heterocycles. The van der Waals surface area contributed by atoms with E-state index in [0.29, 0.717) is 5.69 Å². The van der Waals surface area contributed by atoms with Gasteiger partial charge >= 0.3 is 6.09 Å². The normalized spacial score (nSPS) is 23.4. The molecule has 1 aromatic rings. The summed E-state index contributed by atoms with van der Waals surface area (Å²) >= 11 is 0. The molecule has 0 aromatic heterocycles. The highest BCUT2D eigenvalue weighted by molar-refractivity contribution is 5.68. The highest BCUT2D eigenvalue weighted by Gasteiger charge is 2.39. The van der Waals surface area contributed by atoms with Gasteiger partial charge in [-0.15, -0.1) is 0 Å². The van der Waals surface area contributed by atoms with Crippen LogP contribution in [0.15, 0.2) is 18.2 Å². The number of piperazine rings is 1. The fourth-order valence-electron chi connectivity index (χ4n) is 3.22. The number of amides is 1. The Balaban J connectivity index is 1.61. The maximum absolute atomic E-state index is 14.5. The maximum Gasteiger partial charge on any atom is 0.410 e. The molecule has 0 aliphatic carbocycles. The number of alkyl halides is 1. The van der Waals surface area contributed by atoms with Gasteiger partial charge in [-0.05, 0) is 32.9 Å². The van der Waals surface area contributed by atoms with Crippen LogP contribution in [0.2, 0.25) is 0 Å². The molecule has 2 saturated heterocycles. The predicted molar refractivity (Wildman–Crippen MR) is 98.6 cm³/mol. The summed E-state index contributed by atoms with van der Waals surface area (Å²) in [5, 5.41) is 3.22. The van der Waals surface area contributed by atoms with Gasteiger partial charge < -0.3 is 24.6 Å². The zero-order chi connectivity index (χ0) is 19.6. The van der Waals surface area contributed by atoms with Crippen LogP contribution in [0, 0.1) is 5.82 Å². The Morgan fingerprint density at radius 1 is 1.22 bits per heavy atom. The van der Waals surface area contributed by atoms with Gasteiger partial charge in [0.05, 0.1) is 18.8 Å². The van der Waals surface area contributed by atoms with E-state index in [9.17, 15) is 13.6 Å². The number of rotatable bonds is 3. The number of nitrogens with one attached hydrogen (secondary N) is 1. The highest BCUT2D eigenvalue weighted by Crippen LogP contribution is 2.27. The molecule has 8 heteroatoms. The molecule has 1 N–H and O–H groups in total. The lowest BCUT2D eigenvalue weighted by Crippen LogP contribution is -2.43. The second kappa shape index (κ2) is 7.88. The second-order valence-electron chi connectivity index (χ2n) is 7.91. The van der Waals surface area contributed by atoms with Crippen LogP contribution in [0.4, 0.5) is 19.3 Å². The Morgan fingerprint density at radius 3 is 2.56 bits per heavy atom. The quantitative estimate of drug-likeness (QED) is 0.870. The molecule has 1 amide bonds. The van der Waals surface area contributed by atoms with Gasteiger partial charge in [0.1, 0.15) is 23.3 Å². The van der Waals surface area contributed by atoms with Gasteiger partial charge in [0.25, 0.3) is 0 Å². The van der Waals surface area contributed by atoms with Gasteiger partial charge in [0.2, 0.25) is 0 Å². The summed E-state index contributed by atoms with van der Waals surface area (Å²) < 4.78 is 39.7. The van der Waals surface area contributed by atoms with E-state index in [2.05, 4.69) is 5.32 Å². The largest absolute Gasteiger partial charge is 0.485 e. The standard InChI is InChI=1S/C19H27F2N3O3/c1-19(2,3)27-18(25)24-11-15(21)17(12-24)26-13-4-5-16(14(20)10-13)23-8-6-22-7-9-23/h4-5,10,15,17,22H,6-9,11-12H2,1-3H3/t15-,17-/m1/s1. The number of carbonyl (C=O) groups is 1. The van der Waals surface area contributed by atoms with Crippen LogP contribution in [-0.4, -0.2) is 68.1 Å². The first-order valence-electron chi connectivity index (χ1n) is 9.27. The van der Waals surface area contributed by atoms with Crippen molar-refractivity contribution in [2.75, 3.05) is 44.2 Å². The van der Waals surface area contributed by atoms with Gasteiger partial charge in [-0.1, -0.05) is 0 Å². The van der Waals surface area contributed by atoms with E-state index in [1.54, 1.807) is 32.9 Å². The van der Waals surface area contributed by atoms with Crippen molar-refractivity contribution >= 4 is 11.8 Å². The Hall–Kier alpha value is -2.09. The van der Waals surface area contributed by atoms with Crippen molar-refractivity contribution in [1.82, 2.24) is 10.2 Å². The summed E-state index contributed by atoms with van der Waals surface area (Å²) in [4.78, 5) is 15.3. The van der Waals surface area contributed by atoms with E-state index in [-0.39, 0.29) is 18.8 Å². The van der Waals surface area contributed by atoms with E-state index < -0.39 is 29.8 Å². The molecule has 2 aliphatic rings. The third kappa shape index (κ3) is 5.00. The number of carbonyl (C=O) groups excluding carboxylic acids is 1. The topological polar surface area (TPSA) is 54.0 Å². The molecule has 2 atom stereocenters. The zero-order valence-electron chi connectivity index (χ0n) is 16.0. The van der Waals surface area contributed by atoms with Crippen LogP contribution in [0.1, 0.15) is 20.8 Å². The molecule has 0 saturated carbocycles. The van der Waals surface area contributed by atoms with E-state index in [1.807, 2.05) is 4.90 Å². The molecule has 2 fully saturated rings. The van der Waals surface area contributed by atoms with Crippen LogP contribution in [0.25, 0.3) is 0 Å². The van der Waals surface area contributed by atoms with Gasteiger partial charge in [-0.25, -0.2) is 13.6 Å². The van der Waals surface area contributed by atoms with Gasteiger partial charge in [-0.2, -0.15) is 0 Å². The Bertz CT molecular complexity index is 675. The lowest BCUT2D eigenvalue weighted by Gasteiger charge is -2.30. The molecule has 0 unspecified atom stereocenters. The van der Waals surface area contributed by atoms with E-state index in [1.165, 1.54) is 11.0 Å². The second-order valence-corrected chi connectivity index (χ2v) is 7.91. The van der Waals surface area contributed by atoms with Gasteiger partial charge in [0, 0.05) is 32.2 Å².